The molecule has 0 atom stereocenters. The first kappa shape index (κ1) is 19.8. The summed E-state index contributed by atoms with van der Waals surface area (Å²) in [5.74, 6) is 0. The molecule has 0 unspecified atom stereocenters. The molecule has 8 heteroatoms. The van der Waals surface area contributed by atoms with Gasteiger partial charge in [-0.3, -0.25) is 9.36 Å². The molecule has 148 valence electrons. The van der Waals surface area contributed by atoms with Crippen molar-refractivity contribution < 1.29 is 8.42 Å². The molecule has 5 nitrogen and oxygen atoms in total. The normalized spacial score (nSPS) is 11.8. The van der Waals surface area contributed by atoms with E-state index < -0.39 is 10.0 Å². The third-order valence-corrected chi connectivity index (χ3v) is 7.26. The van der Waals surface area contributed by atoms with Crippen LogP contribution in [0.2, 0.25) is 5.02 Å². The quantitative estimate of drug-likeness (QED) is 0.483. The van der Waals surface area contributed by atoms with E-state index in [2.05, 4.69) is 4.72 Å². The van der Waals surface area contributed by atoms with Crippen LogP contribution in [0, 0.1) is 0 Å². The number of nitrogens with one attached hydrogen (secondary N) is 1. The largest absolute Gasteiger partial charge is 0.308 e. The van der Waals surface area contributed by atoms with E-state index in [-0.39, 0.29) is 16.3 Å². The van der Waals surface area contributed by atoms with Crippen molar-refractivity contribution in [2.45, 2.75) is 18.0 Å². The number of nitrogens with zero attached hydrogens (tertiary/aromatic N) is 1. The molecule has 0 aliphatic rings. The number of hydrogen-bond acceptors (Lipinski definition) is 4. The molecule has 1 aromatic heterocycles. The van der Waals surface area contributed by atoms with Crippen molar-refractivity contribution in [3.05, 3.63) is 98.6 Å². The minimum atomic E-state index is -3.69. The average molecular weight is 445 g/mol. The highest BCUT2D eigenvalue weighted by Gasteiger charge is 2.17. The first-order valence-corrected chi connectivity index (χ1v) is 11.5. The Balaban J connectivity index is 1.63. The molecule has 3 aromatic carbocycles. The molecule has 29 heavy (non-hydrogen) atoms. The van der Waals surface area contributed by atoms with E-state index in [1.807, 2.05) is 48.5 Å². The number of fused-ring (bicyclic) bond motifs is 1. The number of sulfonamides is 1. The SMILES string of the molecule is O=c1sc2cc(S(=O)(=O)NCc3ccccc3)ccc2n1Cc1ccccc1Cl. The zero-order valence-corrected chi connectivity index (χ0v) is 17.6. The van der Waals surface area contributed by atoms with Gasteiger partial charge in [0.1, 0.15) is 0 Å². The van der Waals surface area contributed by atoms with Gasteiger partial charge in [-0.1, -0.05) is 71.5 Å². The Kier molecular flexibility index (Phi) is 5.56. The Morgan fingerprint density at radius 3 is 2.45 bits per heavy atom. The molecular weight excluding hydrogens is 428 g/mol. The zero-order chi connectivity index (χ0) is 20.4. The van der Waals surface area contributed by atoms with Crippen LogP contribution < -0.4 is 9.60 Å². The molecule has 0 aliphatic carbocycles. The lowest BCUT2D eigenvalue weighted by Crippen LogP contribution is -2.23. The molecule has 0 aliphatic heterocycles. The molecule has 0 bridgehead atoms. The fraction of sp³-hybridized carbons (Fsp3) is 0.0952. The Morgan fingerprint density at radius 2 is 1.69 bits per heavy atom. The number of thiazole rings is 1. The van der Waals surface area contributed by atoms with Crippen molar-refractivity contribution in [2.75, 3.05) is 0 Å². The van der Waals surface area contributed by atoms with Gasteiger partial charge in [0.05, 0.1) is 21.7 Å². The van der Waals surface area contributed by atoms with Crippen LogP contribution in [0.4, 0.5) is 0 Å². The molecule has 4 aromatic rings. The van der Waals surface area contributed by atoms with Crippen LogP contribution in [0.5, 0.6) is 0 Å². The van der Waals surface area contributed by atoms with Gasteiger partial charge < -0.3 is 0 Å². The van der Waals surface area contributed by atoms with Crippen LogP contribution in [0.1, 0.15) is 11.1 Å². The summed E-state index contributed by atoms with van der Waals surface area (Å²) in [6.45, 7) is 0.530. The van der Waals surface area contributed by atoms with Gasteiger partial charge in [0, 0.05) is 11.6 Å². The Hall–Kier alpha value is -2.45. The van der Waals surface area contributed by atoms with Crippen molar-refractivity contribution in [2.24, 2.45) is 0 Å². The number of benzene rings is 3. The van der Waals surface area contributed by atoms with E-state index >= 15 is 0 Å². The molecule has 0 saturated heterocycles. The highest BCUT2D eigenvalue weighted by molar-refractivity contribution is 7.89. The van der Waals surface area contributed by atoms with Gasteiger partial charge in [-0.2, -0.15) is 0 Å². The first-order valence-electron chi connectivity index (χ1n) is 8.84. The first-order chi connectivity index (χ1) is 13.9. The van der Waals surface area contributed by atoms with Crippen molar-refractivity contribution in [1.82, 2.24) is 9.29 Å². The maximum Gasteiger partial charge on any atom is 0.308 e. The molecular formula is C21H17ClN2O3S2. The summed E-state index contributed by atoms with van der Waals surface area (Å²) in [7, 11) is -3.69. The highest BCUT2D eigenvalue weighted by atomic mass is 35.5. The van der Waals surface area contributed by atoms with Crippen LogP contribution in [-0.2, 0) is 23.1 Å². The lowest BCUT2D eigenvalue weighted by molar-refractivity contribution is 0.581. The lowest BCUT2D eigenvalue weighted by Gasteiger charge is -2.08. The maximum absolute atomic E-state index is 12.7. The molecule has 4 rings (SSSR count). The van der Waals surface area contributed by atoms with E-state index in [1.165, 1.54) is 12.1 Å². The number of rotatable bonds is 6. The summed E-state index contributed by atoms with van der Waals surface area (Å²) in [5, 5.41) is 0.586. The second kappa shape index (κ2) is 8.12. The number of hydrogen-bond donors (Lipinski definition) is 1. The summed E-state index contributed by atoms with van der Waals surface area (Å²) in [6, 6.07) is 21.4. The highest BCUT2D eigenvalue weighted by Crippen LogP contribution is 2.24. The van der Waals surface area contributed by atoms with Gasteiger partial charge in [-0.15, -0.1) is 0 Å². The Morgan fingerprint density at radius 1 is 0.966 bits per heavy atom. The summed E-state index contributed by atoms with van der Waals surface area (Å²) < 4.78 is 30.2. The molecule has 0 saturated carbocycles. The monoisotopic (exact) mass is 444 g/mol. The van der Waals surface area contributed by atoms with Crippen LogP contribution in [0.3, 0.4) is 0 Å². The van der Waals surface area contributed by atoms with E-state index in [4.69, 9.17) is 11.6 Å². The van der Waals surface area contributed by atoms with Crippen molar-refractivity contribution >= 4 is 43.2 Å². The van der Waals surface area contributed by atoms with Crippen molar-refractivity contribution in [1.29, 1.82) is 0 Å². The lowest BCUT2D eigenvalue weighted by atomic mass is 10.2. The molecule has 1 N–H and O–H groups in total. The van der Waals surface area contributed by atoms with Gasteiger partial charge in [-0.25, -0.2) is 13.1 Å². The summed E-state index contributed by atoms with van der Waals surface area (Å²) in [5.41, 5.74) is 2.38. The predicted octanol–water partition coefficient (Wildman–Crippen LogP) is 4.24. The smallest absolute Gasteiger partial charge is 0.294 e. The van der Waals surface area contributed by atoms with Gasteiger partial charge in [-0.05, 0) is 35.4 Å². The predicted molar refractivity (Wildman–Crippen MR) is 117 cm³/mol. The minimum Gasteiger partial charge on any atom is -0.294 e. The van der Waals surface area contributed by atoms with Crippen LogP contribution in [0.25, 0.3) is 10.2 Å². The molecule has 1 heterocycles. The van der Waals surface area contributed by atoms with E-state index in [0.717, 1.165) is 22.5 Å². The molecule has 0 radical (unpaired) electrons. The fourth-order valence-electron chi connectivity index (χ4n) is 3.02. The van der Waals surface area contributed by atoms with E-state index in [9.17, 15) is 13.2 Å². The summed E-state index contributed by atoms with van der Waals surface area (Å²) >= 11 is 7.24. The van der Waals surface area contributed by atoms with Crippen LogP contribution in [0.15, 0.2) is 82.5 Å². The van der Waals surface area contributed by atoms with Crippen LogP contribution >= 0.6 is 22.9 Å². The van der Waals surface area contributed by atoms with Gasteiger partial charge in [0.15, 0.2) is 0 Å². The van der Waals surface area contributed by atoms with Crippen LogP contribution in [-0.4, -0.2) is 13.0 Å². The van der Waals surface area contributed by atoms with Crippen molar-refractivity contribution in [3.63, 3.8) is 0 Å². The number of aromatic nitrogens is 1. The molecule has 0 fully saturated rings. The Labute approximate surface area is 177 Å². The second-order valence-corrected chi connectivity index (χ2v) is 9.65. The standard InChI is InChI=1S/C21H17ClN2O3S2/c22-18-9-5-4-8-16(18)14-24-19-11-10-17(12-20(19)28-21(24)25)29(26,27)23-13-15-6-2-1-3-7-15/h1-12,23H,13-14H2. The van der Waals surface area contributed by atoms with Gasteiger partial charge >= 0.3 is 4.87 Å². The molecule has 0 spiro atoms. The minimum absolute atomic E-state index is 0.132. The van der Waals surface area contributed by atoms with Gasteiger partial charge in [0.25, 0.3) is 0 Å². The second-order valence-electron chi connectivity index (χ2n) is 6.49. The third-order valence-electron chi connectivity index (χ3n) is 4.55. The summed E-state index contributed by atoms with van der Waals surface area (Å²) in [6.07, 6.45) is 0. The van der Waals surface area contributed by atoms with E-state index in [0.29, 0.717) is 21.8 Å². The average Bonchev–Trinajstić information content (AvgIpc) is 3.03. The topological polar surface area (TPSA) is 68.2 Å². The third kappa shape index (κ3) is 4.28. The van der Waals surface area contributed by atoms with Gasteiger partial charge in [0.2, 0.25) is 10.0 Å². The fourth-order valence-corrected chi connectivity index (χ4v) is 5.26. The Bertz CT molecular complexity index is 1330. The number of halogens is 1. The zero-order valence-electron chi connectivity index (χ0n) is 15.2. The maximum atomic E-state index is 12.7. The molecule has 0 amide bonds. The van der Waals surface area contributed by atoms with Crippen molar-refractivity contribution in [3.8, 4) is 0 Å². The summed E-state index contributed by atoms with van der Waals surface area (Å²) in [4.78, 5) is 12.5. The van der Waals surface area contributed by atoms with E-state index in [1.54, 1.807) is 16.7 Å².